The highest BCUT2D eigenvalue weighted by Crippen LogP contribution is 2.35. The van der Waals surface area contributed by atoms with E-state index < -0.39 is 5.60 Å². The number of esters is 1. The van der Waals surface area contributed by atoms with Crippen molar-refractivity contribution in [1.82, 2.24) is 15.3 Å². The van der Waals surface area contributed by atoms with E-state index in [0.717, 1.165) is 39.0 Å². The van der Waals surface area contributed by atoms with E-state index in [-0.39, 0.29) is 12.0 Å². The molecule has 190 valence electrons. The molecule has 0 fully saturated rings. The maximum atomic E-state index is 12.6. The first-order valence-corrected chi connectivity index (χ1v) is 12.1. The number of ether oxygens (including phenoxy) is 1. The van der Waals surface area contributed by atoms with Crippen LogP contribution >= 0.6 is 0 Å². The first-order chi connectivity index (χ1) is 17.6. The fourth-order valence-corrected chi connectivity index (χ4v) is 3.92. The van der Waals surface area contributed by atoms with Crippen molar-refractivity contribution in [3.05, 3.63) is 78.2 Å². The van der Waals surface area contributed by atoms with Crippen LogP contribution in [-0.2, 0) is 4.74 Å². The van der Waals surface area contributed by atoms with Gasteiger partial charge < -0.3 is 15.4 Å². The summed E-state index contributed by atoms with van der Waals surface area (Å²) in [5.74, 6) is 0.0571. The minimum absolute atomic E-state index is 0.316. The zero-order valence-corrected chi connectivity index (χ0v) is 21.7. The molecule has 0 aliphatic rings. The molecule has 2 aromatic heterocycles. The van der Waals surface area contributed by atoms with Gasteiger partial charge in [0.05, 0.1) is 5.56 Å². The number of pyridine rings is 2. The van der Waals surface area contributed by atoms with Crippen molar-refractivity contribution in [1.29, 1.82) is 0 Å². The van der Waals surface area contributed by atoms with Crippen LogP contribution in [0.2, 0.25) is 0 Å². The standard InChI is InChI=1S/C29H31N5O3/c1-6-30-28(36)34-26-16-23-22(19-12-13-31-18(2)14-19)10-11-25(24(23)17-32-26)33-21-9-7-8-20(15-21)27(35)37-29(3,4)5/h7-17,33H,6H2,1-5H3,(H2,30,32,34,36). The summed E-state index contributed by atoms with van der Waals surface area (Å²) in [6, 6.07) is 16.7. The van der Waals surface area contributed by atoms with E-state index in [0.29, 0.717) is 17.9 Å². The molecule has 0 radical (unpaired) electrons. The highest BCUT2D eigenvalue weighted by Gasteiger charge is 2.18. The van der Waals surface area contributed by atoms with E-state index in [1.807, 2.05) is 77.1 Å². The fraction of sp³-hybridized carbons (Fsp3) is 0.241. The van der Waals surface area contributed by atoms with E-state index in [1.165, 1.54) is 0 Å². The summed E-state index contributed by atoms with van der Waals surface area (Å²) in [5, 5.41) is 10.7. The number of aryl methyl sites for hydroxylation is 1. The van der Waals surface area contributed by atoms with Gasteiger partial charge in [-0.25, -0.2) is 14.6 Å². The van der Waals surface area contributed by atoms with E-state index in [4.69, 9.17) is 4.74 Å². The third-order valence-corrected chi connectivity index (χ3v) is 5.46. The summed E-state index contributed by atoms with van der Waals surface area (Å²) in [6.07, 6.45) is 3.51. The fourth-order valence-electron chi connectivity index (χ4n) is 3.92. The van der Waals surface area contributed by atoms with Crippen LogP contribution < -0.4 is 16.0 Å². The maximum absolute atomic E-state index is 12.6. The number of anilines is 3. The second-order valence-corrected chi connectivity index (χ2v) is 9.65. The Hall–Kier alpha value is -4.46. The molecule has 0 aliphatic carbocycles. The molecule has 8 nitrogen and oxygen atoms in total. The molecule has 2 aromatic carbocycles. The predicted octanol–water partition coefficient (Wildman–Crippen LogP) is 6.45. The molecule has 2 amide bonds. The molecule has 0 saturated heterocycles. The molecule has 3 N–H and O–H groups in total. The largest absolute Gasteiger partial charge is 0.456 e. The van der Waals surface area contributed by atoms with Gasteiger partial charge in [0, 0.05) is 41.4 Å². The van der Waals surface area contributed by atoms with Gasteiger partial charge in [0.1, 0.15) is 11.4 Å². The number of nitrogens with one attached hydrogen (secondary N) is 3. The van der Waals surface area contributed by atoms with Gasteiger partial charge in [-0.05, 0) is 93.6 Å². The number of nitrogens with zero attached hydrogens (tertiary/aromatic N) is 2. The highest BCUT2D eigenvalue weighted by atomic mass is 16.6. The topological polar surface area (TPSA) is 105 Å². The third-order valence-electron chi connectivity index (χ3n) is 5.46. The molecule has 0 aliphatic heterocycles. The molecule has 0 bridgehead atoms. The van der Waals surface area contributed by atoms with Gasteiger partial charge in [-0.1, -0.05) is 12.1 Å². The normalized spacial score (nSPS) is 11.2. The van der Waals surface area contributed by atoms with Crippen molar-refractivity contribution in [3.8, 4) is 11.1 Å². The minimum Gasteiger partial charge on any atom is -0.456 e. The monoisotopic (exact) mass is 497 g/mol. The summed E-state index contributed by atoms with van der Waals surface area (Å²) in [6.45, 7) is 9.83. The Labute approximate surface area is 216 Å². The zero-order valence-electron chi connectivity index (χ0n) is 21.7. The van der Waals surface area contributed by atoms with Crippen LogP contribution in [0, 0.1) is 6.92 Å². The van der Waals surface area contributed by atoms with E-state index in [1.54, 1.807) is 24.5 Å². The number of rotatable bonds is 6. The molecule has 4 aromatic rings. The number of fused-ring (bicyclic) bond motifs is 1. The first-order valence-electron chi connectivity index (χ1n) is 12.1. The Balaban J connectivity index is 1.75. The van der Waals surface area contributed by atoms with Crippen LogP contribution in [0.4, 0.5) is 22.0 Å². The van der Waals surface area contributed by atoms with Crippen molar-refractivity contribution < 1.29 is 14.3 Å². The van der Waals surface area contributed by atoms with Crippen LogP contribution in [0.1, 0.15) is 43.7 Å². The predicted molar refractivity (Wildman–Crippen MR) is 147 cm³/mol. The molecule has 0 spiro atoms. The Kier molecular flexibility index (Phi) is 7.38. The average Bonchev–Trinajstić information content (AvgIpc) is 2.83. The number of carbonyl (C=O) groups is 2. The van der Waals surface area contributed by atoms with Crippen LogP contribution in [0.3, 0.4) is 0 Å². The van der Waals surface area contributed by atoms with Crippen molar-refractivity contribution in [2.75, 3.05) is 17.2 Å². The molecule has 0 atom stereocenters. The Morgan fingerprint density at radius 3 is 2.51 bits per heavy atom. The maximum Gasteiger partial charge on any atom is 0.338 e. The van der Waals surface area contributed by atoms with Crippen LogP contribution in [0.5, 0.6) is 0 Å². The summed E-state index contributed by atoms with van der Waals surface area (Å²) in [7, 11) is 0. The molecule has 2 heterocycles. The van der Waals surface area contributed by atoms with Crippen LogP contribution in [0.25, 0.3) is 21.9 Å². The molecule has 0 saturated carbocycles. The van der Waals surface area contributed by atoms with Crippen molar-refractivity contribution in [2.45, 2.75) is 40.2 Å². The van der Waals surface area contributed by atoms with Crippen molar-refractivity contribution in [2.24, 2.45) is 0 Å². The summed E-state index contributed by atoms with van der Waals surface area (Å²) < 4.78 is 5.51. The molecule has 4 rings (SSSR count). The summed E-state index contributed by atoms with van der Waals surface area (Å²) in [4.78, 5) is 33.5. The second kappa shape index (κ2) is 10.7. The van der Waals surface area contributed by atoms with Gasteiger partial charge in [0.25, 0.3) is 0 Å². The van der Waals surface area contributed by atoms with Crippen molar-refractivity contribution in [3.63, 3.8) is 0 Å². The molecular weight excluding hydrogens is 466 g/mol. The van der Waals surface area contributed by atoms with Crippen molar-refractivity contribution >= 4 is 40.0 Å². The van der Waals surface area contributed by atoms with E-state index >= 15 is 0 Å². The summed E-state index contributed by atoms with van der Waals surface area (Å²) >= 11 is 0. The highest BCUT2D eigenvalue weighted by molar-refractivity contribution is 6.05. The number of carbonyl (C=O) groups excluding carboxylic acids is 2. The number of hydrogen-bond acceptors (Lipinski definition) is 6. The van der Waals surface area contributed by atoms with Gasteiger partial charge in [0.15, 0.2) is 0 Å². The van der Waals surface area contributed by atoms with Crippen LogP contribution in [-0.4, -0.2) is 34.1 Å². The smallest absolute Gasteiger partial charge is 0.338 e. The number of urea groups is 1. The molecule has 37 heavy (non-hydrogen) atoms. The third kappa shape index (κ3) is 6.41. The summed E-state index contributed by atoms with van der Waals surface area (Å²) in [5.41, 5.74) is 4.32. The lowest BCUT2D eigenvalue weighted by molar-refractivity contribution is 0.00695. The first kappa shape index (κ1) is 25.6. The Bertz CT molecular complexity index is 1460. The van der Waals surface area contributed by atoms with E-state index in [9.17, 15) is 9.59 Å². The zero-order chi connectivity index (χ0) is 26.6. The molecule has 0 unspecified atom stereocenters. The van der Waals surface area contributed by atoms with E-state index in [2.05, 4.69) is 25.9 Å². The Morgan fingerprint density at radius 2 is 1.78 bits per heavy atom. The second-order valence-electron chi connectivity index (χ2n) is 9.65. The lowest BCUT2D eigenvalue weighted by atomic mass is 9.98. The lowest BCUT2D eigenvalue weighted by Crippen LogP contribution is -2.28. The number of amides is 2. The van der Waals surface area contributed by atoms with Gasteiger partial charge in [0.2, 0.25) is 0 Å². The Morgan fingerprint density at radius 1 is 0.973 bits per heavy atom. The molecular formula is C29H31N5O3. The SMILES string of the molecule is CCNC(=O)Nc1cc2c(-c3ccnc(C)c3)ccc(Nc3cccc(C(=O)OC(C)(C)C)c3)c2cn1. The minimum atomic E-state index is -0.580. The number of hydrogen-bond donors (Lipinski definition) is 3. The van der Waals surface area contributed by atoms with Gasteiger partial charge >= 0.3 is 12.0 Å². The quantitative estimate of drug-likeness (QED) is 0.265. The lowest BCUT2D eigenvalue weighted by Gasteiger charge is -2.20. The van der Waals surface area contributed by atoms with Gasteiger partial charge in [-0.2, -0.15) is 0 Å². The average molecular weight is 498 g/mol. The number of benzene rings is 2. The van der Waals surface area contributed by atoms with Crippen LogP contribution in [0.15, 0.2) is 67.0 Å². The molecule has 8 heteroatoms. The van der Waals surface area contributed by atoms with Gasteiger partial charge in [-0.3, -0.25) is 10.3 Å². The number of aromatic nitrogens is 2. The van der Waals surface area contributed by atoms with Gasteiger partial charge in [-0.15, -0.1) is 0 Å².